The normalized spacial score (nSPS) is 28.7. The van der Waals surface area contributed by atoms with E-state index in [0.29, 0.717) is 17.8 Å². The number of nitrogens with one attached hydrogen (secondary N) is 1. The summed E-state index contributed by atoms with van der Waals surface area (Å²) in [5.41, 5.74) is -0.368. The molecule has 5 heteroatoms. The molecule has 1 N–H and O–H groups in total. The van der Waals surface area contributed by atoms with Crippen LogP contribution in [0.4, 0.5) is 0 Å². The summed E-state index contributed by atoms with van der Waals surface area (Å²) >= 11 is 1.97. The molecule has 0 aromatic carbocycles. The maximum Gasteiger partial charge on any atom is 0.227 e. The van der Waals surface area contributed by atoms with Gasteiger partial charge in [-0.15, -0.1) is 0 Å². The third-order valence-electron chi connectivity index (χ3n) is 4.88. The van der Waals surface area contributed by atoms with Crippen LogP contribution < -0.4 is 5.32 Å². The molecule has 3 atom stereocenters. The van der Waals surface area contributed by atoms with Gasteiger partial charge in [-0.05, 0) is 31.4 Å². The first-order chi connectivity index (χ1) is 10.8. The van der Waals surface area contributed by atoms with Gasteiger partial charge in [0.2, 0.25) is 11.8 Å². The number of amides is 2. The molecule has 1 saturated carbocycles. The molecule has 1 heterocycles. The molecule has 0 aromatic rings. The zero-order chi connectivity index (χ0) is 17.0. The minimum Gasteiger partial charge on any atom is -0.352 e. The van der Waals surface area contributed by atoms with Crippen molar-refractivity contribution in [2.45, 2.75) is 71.1 Å². The first-order valence-corrected chi connectivity index (χ1v) is 10.1. The topological polar surface area (TPSA) is 49.4 Å². The van der Waals surface area contributed by atoms with E-state index >= 15 is 0 Å². The Hall–Kier alpha value is -0.710. The Balaban J connectivity index is 1.90. The fraction of sp³-hybridized carbons (Fsp3) is 0.889. The van der Waals surface area contributed by atoms with E-state index in [1.807, 2.05) is 37.4 Å². The Kier molecular flexibility index (Phi) is 6.40. The molecule has 23 heavy (non-hydrogen) atoms. The molecular formula is C18H32N2O2S. The highest BCUT2D eigenvalue weighted by Gasteiger charge is 2.35. The van der Waals surface area contributed by atoms with Gasteiger partial charge in [-0.2, -0.15) is 11.8 Å². The van der Waals surface area contributed by atoms with Gasteiger partial charge < -0.3 is 10.2 Å². The number of carbonyl (C=O) groups excluding carboxylic acids is 2. The number of hydrogen-bond donors (Lipinski definition) is 1. The van der Waals surface area contributed by atoms with Crippen LogP contribution in [-0.4, -0.2) is 46.8 Å². The average molecular weight is 341 g/mol. The fourth-order valence-corrected chi connectivity index (χ4v) is 4.85. The second-order valence-electron chi connectivity index (χ2n) is 7.88. The monoisotopic (exact) mass is 340 g/mol. The van der Waals surface area contributed by atoms with Crippen LogP contribution in [0.15, 0.2) is 0 Å². The highest BCUT2D eigenvalue weighted by molar-refractivity contribution is 7.99. The molecule has 2 aliphatic rings. The summed E-state index contributed by atoms with van der Waals surface area (Å²) in [6, 6.07) is 0.321. The lowest BCUT2D eigenvalue weighted by molar-refractivity contribution is -0.142. The summed E-state index contributed by atoms with van der Waals surface area (Å²) in [4.78, 5) is 27.0. The lowest BCUT2D eigenvalue weighted by atomic mass is 9.90. The van der Waals surface area contributed by atoms with Crippen molar-refractivity contribution >= 4 is 23.6 Å². The third kappa shape index (κ3) is 4.88. The fourth-order valence-electron chi connectivity index (χ4n) is 3.66. The van der Waals surface area contributed by atoms with Crippen LogP contribution in [0.25, 0.3) is 0 Å². The lowest BCUT2D eigenvalue weighted by Gasteiger charge is -2.36. The predicted molar refractivity (Wildman–Crippen MR) is 96.5 cm³/mol. The van der Waals surface area contributed by atoms with Gasteiger partial charge in [0, 0.05) is 29.8 Å². The van der Waals surface area contributed by atoms with E-state index in [-0.39, 0.29) is 23.1 Å². The highest BCUT2D eigenvalue weighted by Crippen LogP contribution is 2.30. The van der Waals surface area contributed by atoms with Crippen molar-refractivity contribution in [3.05, 3.63) is 0 Å². The average Bonchev–Trinajstić information content (AvgIpc) is 2.93. The van der Waals surface area contributed by atoms with Gasteiger partial charge in [0.05, 0.1) is 5.92 Å². The molecular weight excluding hydrogens is 308 g/mol. The van der Waals surface area contributed by atoms with Crippen molar-refractivity contribution in [3.8, 4) is 0 Å². The number of rotatable bonds is 4. The van der Waals surface area contributed by atoms with Gasteiger partial charge in [-0.3, -0.25) is 9.59 Å². The number of nitrogens with zero attached hydrogens (tertiary/aromatic N) is 1. The van der Waals surface area contributed by atoms with Crippen LogP contribution in [-0.2, 0) is 9.59 Å². The van der Waals surface area contributed by atoms with Crippen molar-refractivity contribution in [1.29, 1.82) is 0 Å². The number of thioether (sulfide) groups is 1. The van der Waals surface area contributed by atoms with E-state index in [1.165, 1.54) is 12.8 Å². The van der Waals surface area contributed by atoms with Crippen LogP contribution in [0, 0.1) is 11.3 Å². The van der Waals surface area contributed by atoms with E-state index in [4.69, 9.17) is 0 Å². The molecule has 0 bridgehead atoms. The van der Waals surface area contributed by atoms with Crippen LogP contribution in [0.1, 0.15) is 59.8 Å². The molecule has 1 aliphatic heterocycles. The lowest BCUT2D eigenvalue weighted by Crippen LogP contribution is -2.50. The van der Waals surface area contributed by atoms with Crippen molar-refractivity contribution in [2.24, 2.45) is 11.3 Å². The molecule has 4 nitrogen and oxygen atoms in total. The number of hydrogen-bond acceptors (Lipinski definition) is 3. The van der Waals surface area contributed by atoms with Gasteiger partial charge >= 0.3 is 0 Å². The molecule has 0 unspecified atom stereocenters. The van der Waals surface area contributed by atoms with Crippen molar-refractivity contribution in [1.82, 2.24) is 10.2 Å². The quantitative estimate of drug-likeness (QED) is 0.856. The Morgan fingerprint density at radius 3 is 2.57 bits per heavy atom. The molecule has 2 rings (SSSR count). The van der Waals surface area contributed by atoms with Gasteiger partial charge in [-0.25, -0.2) is 0 Å². The van der Waals surface area contributed by atoms with E-state index in [0.717, 1.165) is 31.6 Å². The van der Waals surface area contributed by atoms with Crippen LogP contribution >= 0.6 is 11.8 Å². The van der Waals surface area contributed by atoms with Crippen molar-refractivity contribution in [2.75, 3.05) is 18.8 Å². The second kappa shape index (κ2) is 7.91. The Morgan fingerprint density at radius 2 is 1.91 bits per heavy atom. The summed E-state index contributed by atoms with van der Waals surface area (Å²) in [5, 5.41) is 3.85. The largest absolute Gasteiger partial charge is 0.352 e. The number of piperidine rings is 1. The molecule has 1 saturated heterocycles. The number of carbonyl (C=O) groups is 2. The standard InChI is InChI=1S/C18H32N2O2S/c1-5-23-15-10-6-9-14(15)19-16(21)13-8-7-11-20(12-13)17(22)18(2,3)4/h13-15H,5-12H2,1-4H3,(H,19,21)/t13-,14-,15+/m0/s1. The Morgan fingerprint density at radius 1 is 1.17 bits per heavy atom. The van der Waals surface area contributed by atoms with Gasteiger partial charge in [-0.1, -0.05) is 34.1 Å². The van der Waals surface area contributed by atoms with E-state index in [9.17, 15) is 9.59 Å². The van der Waals surface area contributed by atoms with Crippen LogP contribution in [0.3, 0.4) is 0 Å². The van der Waals surface area contributed by atoms with Gasteiger partial charge in [0.15, 0.2) is 0 Å². The highest BCUT2D eigenvalue weighted by atomic mass is 32.2. The second-order valence-corrected chi connectivity index (χ2v) is 9.40. The molecule has 2 amide bonds. The Bertz CT molecular complexity index is 433. The van der Waals surface area contributed by atoms with Crippen LogP contribution in [0.5, 0.6) is 0 Å². The van der Waals surface area contributed by atoms with E-state index < -0.39 is 0 Å². The van der Waals surface area contributed by atoms with Gasteiger partial charge in [0.25, 0.3) is 0 Å². The first-order valence-electron chi connectivity index (χ1n) is 9.04. The van der Waals surface area contributed by atoms with Crippen molar-refractivity contribution in [3.63, 3.8) is 0 Å². The van der Waals surface area contributed by atoms with E-state index in [1.54, 1.807) is 0 Å². The molecule has 0 aromatic heterocycles. The maximum absolute atomic E-state index is 12.7. The predicted octanol–water partition coefficient (Wildman–Crippen LogP) is 3.06. The minimum absolute atomic E-state index is 0.0390. The minimum atomic E-state index is -0.368. The molecule has 1 aliphatic carbocycles. The smallest absolute Gasteiger partial charge is 0.227 e. The summed E-state index contributed by atoms with van der Waals surface area (Å²) < 4.78 is 0. The summed E-state index contributed by atoms with van der Waals surface area (Å²) in [5.74, 6) is 1.39. The Labute approximate surface area is 145 Å². The first kappa shape index (κ1) is 18.6. The molecule has 132 valence electrons. The third-order valence-corrected chi connectivity index (χ3v) is 6.21. The maximum atomic E-state index is 12.7. The van der Waals surface area contributed by atoms with E-state index in [2.05, 4.69) is 12.2 Å². The molecule has 0 radical (unpaired) electrons. The van der Waals surface area contributed by atoms with Crippen LogP contribution in [0.2, 0.25) is 0 Å². The SMILES string of the molecule is CCS[C@@H]1CCC[C@@H]1NC(=O)[C@H]1CCCN(C(=O)C(C)(C)C)C1. The summed E-state index contributed by atoms with van der Waals surface area (Å²) in [6.45, 7) is 9.40. The zero-order valence-electron chi connectivity index (χ0n) is 15.1. The molecule has 2 fully saturated rings. The number of likely N-dealkylation sites (tertiary alicyclic amines) is 1. The zero-order valence-corrected chi connectivity index (χ0v) is 15.9. The summed E-state index contributed by atoms with van der Waals surface area (Å²) in [6.07, 6.45) is 5.35. The van der Waals surface area contributed by atoms with Gasteiger partial charge in [0.1, 0.15) is 0 Å². The summed E-state index contributed by atoms with van der Waals surface area (Å²) in [7, 11) is 0. The molecule has 0 spiro atoms. The van der Waals surface area contributed by atoms with Crippen molar-refractivity contribution < 1.29 is 9.59 Å².